The van der Waals surface area contributed by atoms with Gasteiger partial charge >= 0.3 is 0 Å². The van der Waals surface area contributed by atoms with Crippen molar-refractivity contribution < 1.29 is 0 Å². The van der Waals surface area contributed by atoms with Crippen LogP contribution in [0.15, 0.2) is 29.3 Å². The van der Waals surface area contributed by atoms with Crippen LogP contribution >= 0.6 is 15.9 Å². The van der Waals surface area contributed by atoms with Gasteiger partial charge in [-0.05, 0) is 28.4 Å². The molecule has 0 unspecified atom stereocenters. The predicted octanol–water partition coefficient (Wildman–Crippen LogP) is 2.50. The van der Waals surface area contributed by atoms with E-state index >= 15 is 0 Å². The Balaban J connectivity index is 2.25. The van der Waals surface area contributed by atoms with Crippen molar-refractivity contribution in [1.82, 2.24) is 24.7 Å². The minimum Gasteiger partial charge on any atom is -0.265 e. The summed E-state index contributed by atoms with van der Waals surface area (Å²) in [6.07, 6.45) is 5.26. The summed E-state index contributed by atoms with van der Waals surface area (Å²) in [6, 6.07) is 1.92. The first-order valence-corrected chi connectivity index (χ1v) is 6.22. The summed E-state index contributed by atoms with van der Waals surface area (Å²) in [5, 5.41) is 4.24. The van der Waals surface area contributed by atoms with Crippen molar-refractivity contribution in [2.45, 2.75) is 6.92 Å². The fraction of sp³-hybridized carbons (Fsp3) is 0.167. The first-order valence-electron chi connectivity index (χ1n) is 5.42. The summed E-state index contributed by atoms with van der Waals surface area (Å²) in [4.78, 5) is 13.1. The van der Waals surface area contributed by atoms with Crippen molar-refractivity contribution >= 4 is 27.0 Å². The van der Waals surface area contributed by atoms with Crippen LogP contribution in [0.3, 0.4) is 0 Å². The van der Waals surface area contributed by atoms with E-state index in [9.17, 15) is 0 Å². The van der Waals surface area contributed by atoms with E-state index in [-0.39, 0.29) is 0 Å². The molecule has 0 aliphatic carbocycles. The lowest BCUT2D eigenvalue weighted by Gasteiger charge is -2.04. The van der Waals surface area contributed by atoms with Gasteiger partial charge in [-0.1, -0.05) is 0 Å². The van der Waals surface area contributed by atoms with Crippen molar-refractivity contribution in [3.05, 3.63) is 34.8 Å². The maximum Gasteiger partial charge on any atom is 0.128 e. The summed E-state index contributed by atoms with van der Waals surface area (Å²) >= 11 is 3.35. The molecule has 0 amide bonds. The normalized spacial score (nSPS) is 11.1. The Bertz CT molecular complexity index is 734. The van der Waals surface area contributed by atoms with Crippen LogP contribution < -0.4 is 0 Å². The van der Waals surface area contributed by atoms with Gasteiger partial charge in [0, 0.05) is 19.3 Å². The lowest BCUT2D eigenvalue weighted by molar-refractivity contribution is 0.766. The van der Waals surface area contributed by atoms with Crippen molar-refractivity contribution in [2.75, 3.05) is 0 Å². The molecule has 0 aliphatic rings. The maximum absolute atomic E-state index is 4.64. The SMILES string of the molecule is Cc1cncc2ncc(-c3cc(Br)nn3C)nc12. The number of fused-ring (bicyclic) bond motifs is 1. The largest absolute Gasteiger partial charge is 0.265 e. The molecule has 3 aromatic rings. The number of hydrogen-bond acceptors (Lipinski definition) is 4. The topological polar surface area (TPSA) is 56.5 Å². The van der Waals surface area contributed by atoms with E-state index in [4.69, 9.17) is 0 Å². The Morgan fingerprint density at radius 1 is 1.22 bits per heavy atom. The lowest BCUT2D eigenvalue weighted by Crippen LogP contribution is -1.97. The molecule has 0 radical (unpaired) electrons. The quantitative estimate of drug-likeness (QED) is 0.693. The minimum atomic E-state index is 0.786. The summed E-state index contributed by atoms with van der Waals surface area (Å²) in [5.74, 6) is 0. The molecular weight excluding hydrogens is 294 g/mol. The third-order valence-electron chi connectivity index (χ3n) is 2.75. The number of hydrogen-bond donors (Lipinski definition) is 0. The van der Waals surface area contributed by atoms with Crippen LogP contribution in [0, 0.1) is 6.92 Å². The Morgan fingerprint density at radius 3 is 2.78 bits per heavy atom. The Kier molecular flexibility index (Phi) is 2.59. The maximum atomic E-state index is 4.64. The molecule has 0 fully saturated rings. The second-order valence-corrected chi connectivity index (χ2v) is 4.87. The van der Waals surface area contributed by atoms with Crippen LogP contribution in [0.4, 0.5) is 0 Å². The molecule has 0 aromatic carbocycles. The van der Waals surface area contributed by atoms with Gasteiger partial charge in [-0.25, -0.2) is 4.98 Å². The Morgan fingerprint density at radius 2 is 2.06 bits per heavy atom. The first kappa shape index (κ1) is 11.3. The molecule has 3 heterocycles. The molecule has 0 bridgehead atoms. The molecule has 0 aliphatic heterocycles. The fourth-order valence-corrected chi connectivity index (χ4v) is 2.31. The first-order chi connectivity index (χ1) is 8.65. The lowest BCUT2D eigenvalue weighted by atomic mass is 10.2. The van der Waals surface area contributed by atoms with Crippen molar-refractivity contribution in [3.8, 4) is 11.4 Å². The average Bonchev–Trinajstić information content (AvgIpc) is 2.69. The average molecular weight is 304 g/mol. The smallest absolute Gasteiger partial charge is 0.128 e. The van der Waals surface area contributed by atoms with Gasteiger partial charge in [0.05, 0.1) is 23.6 Å². The molecule has 3 rings (SSSR count). The van der Waals surface area contributed by atoms with E-state index in [0.717, 1.165) is 32.6 Å². The molecule has 5 nitrogen and oxygen atoms in total. The monoisotopic (exact) mass is 303 g/mol. The van der Waals surface area contributed by atoms with Crippen molar-refractivity contribution in [1.29, 1.82) is 0 Å². The zero-order valence-corrected chi connectivity index (χ0v) is 11.5. The summed E-state index contributed by atoms with van der Waals surface area (Å²) in [7, 11) is 1.88. The third-order valence-corrected chi connectivity index (χ3v) is 3.14. The van der Waals surface area contributed by atoms with Crippen LogP contribution in [0.25, 0.3) is 22.4 Å². The number of halogens is 1. The Labute approximate surface area is 112 Å². The van der Waals surface area contributed by atoms with E-state index in [2.05, 4.69) is 36.0 Å². The molecule has 90 valence electrons. The van der Waals surface area contributed by atoms with Gasteiger partial charge in [-0.3, -0.25) is 14.6 Å². The van der Waals surface area contributed by atoms with Gasteiger partial charge in [0.2, 0.25) is 0 Å². The molecule has 3 aromatic heterocycles. The number of aryl methyl sites for hydroxylation is 2. The zero-order valence-electron chi connectivity index (χ0n) is 9.92. The second kappa shape index (κ2) is 4.13. The van der Waals surface area contributed by atoms with Crippen LogP contribution in [-0.4, -0.2) is 24.7 Å². The van der Waals surface area contributed by atoms with E-state index < -0.39 is 0 Å². The summed E-state index contributed by atoms with van der Waals surface area (Å²) in [5.41, 5.74) is 4.42. The molecule has 0 N–H and O–H groups in total. The van der Waals surface area contributed by atoms with Gasteiger partial charge in [0.25, 0.3) is 0 Å². The number of nitrogens with zero attached hydrogens (tertiary/aromatic N) is 5. The highest BCUT2D eigenvalue weighted by Crippen LogP contribution is 2.22. The van der Waals surface area contributed by atoms with Crippen LogP contribution in [-0.2, 0) is 7.05 Å². The minimum absolute atomic E-state index is 0.786. The molecule has 6 heteroatoms. The summed E-state index contributed by atoms with van der Waals surface area (Å²) < 4.78 is 2.56. The molecular formula is C12H10BrN5. The van der Waals surface area contributed by atoms with Gasteiger partial charge < -0.3 is 0 Å². The van der Waals surface area contributed by atoms with Crippen LogP contribution in [0.5, 0.6) is 0 Å². The second-order valence-electron chi connectivity index (χ2n) is 4.06. The van der Waals surface area contributed by atoms with Crippen molar-refractivity contribution in [3.63, 3.8) is 0 Å². The number of pyridine rings is 1. The highest BCUT2D eigenvalue weighted by Gasteiger charge is 2.09. The van der Waals surface area contributed by atoms with Crippen molar-refractivity contribution in [2.24, 2.45) is 7.05 Å². The van der Waals surface area contributed by atoms with Gasteiger partial charge in [-0.15, -0.1) is 0 Å². The third kappa shape index (κ3) is 1.78. The standard InChI is InChI=1S/C12H10BrN5/c1-7-4-14-5-9-12(7)16-8(6-15-9)10-3-11(13)17-18(10)2/h3-6H,1-2H3. The molecule has 0 atom stereocenters. The summed E-state index contributed by atoms with van der Waals surface area (Å²) in [6.45, 7) is 1.98. The number of rotatable bonds is 1. The van der Waals surface area contributed by atoms with E-state index in [1.54, 1.807) is 23.3 Å². The highest BCUT2D eigenvalue weighted by molar-refractivity contribution is 9.10. The van der Waals surface area contributed by atoms with Gasteiger partial charge in [-0.2, -0.15) is 5.10 Å². The Hall–Kier alpha value is -1.82. The highest BCUT2D eigenvalue weighted by atomic mass is 79.9. The fourth-order valence-electron chi connectivity index (χ4n) is 1.86. The predicted molar refractivity (Wildman–Crippen MR) is 72.0 cm³/mol. The van der Waals surface area contributed by atoms with Crippen LogP contribution in [0.1, 0.15) is 5.56 Å². The van der Waals surface area contributed by atoms with Crippen LogP contribution in [0.2, 0.25) is 0 Å². The van der Waals surface area contributed by atoms with E-state index in [1.807, 2.05) is 20.0 Å². The van der Waals surface area contributed by atoms with Gasteiger partial charge in [0.15, 0.2) is 0 Å². The molecule has 0 spiro atoms. The molecule has 18 heavy (non-hydrogen) atoms. The van der Waals surface area contributed by atoms with E-state index in [1.165, 1.54) is 0 Å². The van der Waals surface area contributed by atoms with Gasteiger partial charge in [0.1, 0.15) is 15.8 Å². The van der Waals surface area contributed by atoms with E-state index in [0.29, 0.717) is 0 Å². The number of aromatic nitrogens is 5. The molecule has 0 saturated carbocycles. The molecule has 0 saturated heterocycles. The zero-order chi connectivity index (χ0) is 12.7.